The first kappa shape index (κ1) is 11.2. The van der Waals surface area contributed by atoms with Gasteiger partial charge < -0.3 is 11.1 Å². The molecule has 0 spiro atoms. The number of nitrogens with one attached hydrogen (secondary N) is 1. The molecule has 0 atom stereocenters. The van der Waals surface area contributed by atoms with Gasteiger partial charge in [0.15, 0.2) is 0 Å². The zero-order valence-electron chi connectivity index (χ0n) is 9.33. The first-order chi connectivity index (χ1) is 7.00. The molecule has 0 radical (unpaired) electrons. The lowest BCUT2D eigenvalue weighted by Gasteiger charge is -2.09. The van der Waals surface area contributed by atoms with Crippen molar-refractivity contribution in [1.82, 2.24) is 9.97 Å². The molecule has 3 N–H and O–H groups in total. The number of anilines is 2. The van der Waals surface area contributed by atoms with Crippen LogP contribution in [0.4, 0.5) is 11.6 Å². The van der Waals surface area contributed by atoms with Crippen molar-refractivity contribution >= 4 is 11.6 Å². The Labute approximate surface area is 89.9 Å². The summed E-state index contributed by atoms with van der Waals surface area (Å²) in [5.74, 6) is 1.18. The Morgan fingerprint density at radius 2 is 2.13 bits per heavy atom. The lowest BCUT2D eigenvalue weighted by molar-refractivity contribution is 1.13. The lowest BCUT2D eigenvalue weighted by Crippen LogP contribution is -2.04. The Bertz CT molecular complexity index is 403. The van der Waals surface area contributed by atoms with Gasteiger partial charge >= 0.3 is 0 Å². The molecule has 0 aromatic carbocycles. The van der Waals surface area contributed by atoms with E-state index in [1.54, 1.807) is 0 Å². The van der Waals surface area contributed by atoms with Gasteiger partial charge in [0, 0.05) is 11.3 Å². The normalized spacial score (nSPS) is 9.53. The van der Waals surface area contributed by atoms with Gasteiger partial charge in [-0.2, -0.15) is 0 Å². The van der Waals surface area contributed by atoms with E-state index in [4.69, 9.17) is 5.73 Å². The number of nitrogens with two attached hydrogens (primary N) is 1. The summed E-state index contributed by atoms with van der Waals surface area (Å²) in [5.41, 5.74) is 8.46. The third-order valence-corrected chi connectivity index (χ3v) is 1.86. The zero-order valence-corrected chi connectivity index (χ0v) is 9.33. The molecular weight excluding hydrogens is 188 g/mol. The van der Waals surface area contributed by atoms with Crippen LogP contribution in [0.1, 0.15) is 19.4 Å². The molecule has 80 valence electrons. The van der Waals surface area contributed by atoms with Crippen LogP contribution in [-0.2, 0) is 0 Å². The molecule has 0 saturated heterocycles. The highest BCUT2D eigenvalue weighted by molar-refractivity contribution is 5.57. The van der Waals surface area contributed by atoms with Gasteiger partial charge in [0.05, 0.1) is 0 Å². The highest BCUT2D eigenvalue weighted by Gasteiger charge is 2.03. The van der Waals surface area contributed by atoms with Crippen LogP contribution in [0.2, 0.25) is 0 Å². The zero-order chi connectivity index (χ0) is 11.4. The second kappa shape index (κ2) is 4.59. The maximum absolute atomic E-state index is 5.66. The van der Waals surface area contributed by atoms with Crippen LogP contribution in [0.25, 0.3) is 0 Å². The highest BCUT2D eigenvalue weighted by Crippen LogP contribution is 2.16. The Morgan fingerprint density at radius 3 is 2.73 bits per heavy atom. The average molecular weight is 204 g/mol. The van der Waals surface area contributed by atoms with Crippen molar-refractivity contribution in [2.24, 2.45) is 0 Å². The fourth-order valence-corrected chi connectivity index (χ4v) is 1.13. The second-order valence-corrected chi connectivity index (χ2v) is 3.60. The topological polar surface area (TPSA) is 63.8 Å². The first-order valence-corrected chi connectivity index (χ1v) is 4.68. The molecule has 0 amide bonds. The van der Waals surface area contributed by atoms with Crippen LogP contribution in [0.5, 0.6) is 0 Å². The number of nitrogen functional groups attached to an aromatic ring is 1. The Morgan fingerprint density at radius 1 is 1.47 bits per heavy atom. The predicted molar refractivity (Wildman–Crippen MR) is 63.4 cm³/mol. The minimum atomic E-state index is 0.484. The Kier molecular flexibility index (Phi) is 3.44. The Balaban J connectivity index is 2.86. The third-order valence-electron chi connectivity index (χ3n) is 1.86. The maximum atomic E-state index is 5.66. The van der Waals surface area contributed by atoms with Gasteiger partial charge in [0.1, 0.15) is 18.0 Å². The van der Waals surface area contributed by atoms with E-state index < -0.39 is 0 Å². The summed E-state index contributed by atoms with van der Waals surface area (Å²) in [7, 11) is 0. The number of hydrogen-bond acceptors (Lipinski definition) is 4. The SMILES string of the molecule is C=C(C=C(C)C)Nc1ncnc(N)c1C. The van der Waals surface area contributed by atoms with Crippen molar-refractivity contribution in [2.75, 3.05) is 11.1 Å². The van der Waals surface area contributed by atoms with Crippen molar-refractivity contribution < 1.29 is 0 Å². The van der Waals surface area contributed by atoms with Gasteiger partial charge in [0.2, 0.25) is 0 Å². The van der Waals surface area contributed by atoms with E-state index in [1.165, 1.54) is 11.9 Å². The van der Waals surface area contributed by atoms with Crippen LogP contribution in [0.15, 0.2) is 30.3 Å². The fourth-order valence-electron chi connectivity index (χ4n) is 1.13. The third kappa shape index (κ3) is 3.09. The number of nitrogens with zero attached hydrogens (tertiary/aromatic N) is 2. The molecule has 15 heavy (non-hydrogen) atoms. The van der Waals surface area contributed by atoms with E-state index in [9.17, 15) is 0 Å². The molecule has 4 heteroatoms. The smallest absolute Gasteiger partial charge is 0.138 e. The summed E-state index contributed by atoms with van der Waals surface area (Å²) in [6.45, 7) is 9.76. The van der Waals surface area contributed by atoms with E-state index in [0.717, 1.165) is 11.3 Å². The largest absolute Gasteiger partial charge is 0.383 e. The average Bonchev–Trinajstić information content (AvgIpc) is 2.11. The van der Waals surface area contributed by atoms with Crippen molar-refractivity contribution in [1.29, 1.82) is 0 Å². The van der Waals surface area contributed by atoms with Gasteiger partial charge in [-0.25, -0.2) is 9.97 Å². The lowest BCUT2D eigenvalue weighted by atomic mass is 10.2. The summed E-state index contributed by atoms with van der Waals surface area (Å²) >= 11 is 0. The van der Waals surface area contributed by atoms with Gasteiger partial charge in [-0.05, 0) is 26.8 Å². The molecular formula is C11H16N4. The molecule has 0 unspecified atom stereocenters. The molecule has 0 bridgehead atoms. The minimum absolute atomic E-state index is 0.484. The fraction of sp³-hybridized carbons (Fsp3) is 0.273. The van der Waals surface area contributed by atoms with E-state index in [0.29, 0.717) is 11.6 Å². The standard InChI is InChI=1S/C11H16N4/c1-7(2)5-8(3)15-11-9(4)10(12)13-6-14-11/h5-6H,3H2,1-2,4H3,(H3,12,13,14,15). The van der Waals surface area contributed by atoms with E-state index in [-0.39, 0.29) is 0 Å². The monoisotopic (exact) mass is 204 g/mol. The molecule has 0 aliphatic rings. The summed E-state index contributed by atoms with van der Waals surface area (Å²) in [5, 5.41) is 3.08. The van der Waals surface area contributed by atoms with Gasteiger partial charge in [-0.1, -0.05) is 12.2 Å². The number of rotatable bonds is 3. The summed E-state index contributed by atoms with van der Waals surface area (Å²) in [6, 6.07) is 0. The molecule has 4 nitrogen and oxygen atoms in total. The van der Waals surface area contributed by atoms with Gasteiger partial charge in [-0.3, -0.25) is 0 Å². The Hall–Kier alpha value is -1.84. The van der Waals surface area contributed by atoms with Crippen molar-refractivity contribution in [3.8, 4) is 0 Å². The highest BCUT2D eigenvalue weighted by atomic mass is 15.0. The van der Waals surface area contributed by atoms with E-state index in [2.05, 4.69) is 21.9 Å². The molecule has 1 aromatic heterocycles. The molecule has 0 saturated carbocycles. The second-order valence-electron chi connectivity index (χ2n) is 3.60. The molecule has 1 heterocycles. The molecule has 0 aliphatic carbocycles. The predicted octanol–water partition coefficient (Wildman–Crippen LogP) is 2.26. The van der Waals surface area contributed by atoms with E-state index in [1.807, 2.05) is 26.8 Å². The van der Waals surface area contributed by atoms with Crippen molar-refractivity contribution in [3.63, 3.8) is 0 Å². The quantitative estimate of drug-likeness (QED) is 0.741. The van der Waals surface area contributed by atoms with Crippen molar-refractivity contribution in [2.45, 2.75) is 20.8 Å². The van der Waals surface area contributed by atoms with Gasteiger partial charge in [-0.15, -0.1) is 0 Å². The first-order valence-electron chi connectivity index (χ1n) is 4.68. The number of allylic oxidation sites excluding steroid dienone is 2. The van der Waals surface area contributed by atoms with Crippen molar-refractivity contribution in [3.05, 3.63) is 35.8 Å². The molecule has 0 aliphatic heterocycles. The number of hydrogen-bond donors (Lipinski definition) is 2. The molecule has 0 fully saturated rings. The van der Waals surface area contributed by atoms with Crippen LogP contribution < -0.4 is 11.1 Å². The summed E-state index contributed by atoms with van der Waals surface area (Å²) in [4.78, 5) is 7.98. The maximum Gasteiger partial charge on any atom is 0.138 e. The van der Waals surface area contributed by atoms with Crippen LogP contribution in [0, 0.1) is 6.92 Å². The van der Waals surface area contributed by atoms with Crippen LogP contribution >= 0.6 is 0 Å². The number of aromatic nitrogens is 2. The van der Waals surface area contributed by atoms with Gasteiger partial charge in [0.25, 0.3) is 0 Å². The van der Waals surface area contributed by atoms with Crippen LogP contribution in [-0.4, -0.2) is 9.97 Å². The minimum Gasteiger partial charge on any atom is -0.383 e. The summed E-state index contributed by atoms with van der Waals surface area (Å²) < 4.78 is 0. The molecule has 1 rings (SSSR count). The molecule has 1 aromatic rings. The summed E-state index contributed by atoms with van der Waals surface area (Å²) in [6.07, 6.45) is 3.37. The van der Waals surface area contributed by atoms with E-state index >= 15 is 0 Å². The van der Waals surface area contributed by atoms with Crippen LogP contribution in [0.3, 0.4) is 0 Å².